The molecular weight excluding hydrogens is 142 g/mol. The van der Waals surface area contributed by atoms with Crippen LogP contribution in [0.5, 0.6) is 0 Å². The van der Waals surface area contributed by atoms with Gasteiger partial charge < -0.3 is 11.5 Å². The maximum atomic E-state index is 10.5. The Labute approximate surface area is 66.5 Å². The molecule has 1 aliphatic rings. The Morgan fingerprint density at radius 2 is 2.18 bits per heavy atom. The van der Waals surface area contributed by atoms with Crippen molar-refractivity contribution in [2.75, 3.05) is 13.6 Å². The highest BCUT2D eigenvalue weighted by molar-refractivity contribution is 5.75. The van der Waals surface area contributed by atoms with Gasteiger partial charge in [-0.1, -0.05) is 0 Å². The number of amides is 1. The SMILES string of the molecule is CN(CC(N)=O)C1CC(N)C1. The van der Waals surface area contributed by atoms with Crippen LogP contribution in [0.4, 0.5) is 0 Å². The van der Waals surface area contributed by atoms with Crippen molar-refractivity contribution in [1.82, 2.24) is 4.90 Å². The lowest BCUT2D eigenvalue weighted by molar-refractivity contribution is -0.119. The number of hydrogen-bond acceptors (Lipinski definition) is 3. The molecule has 0 aliphatic heterocycles. The average Bonchev–Trinajstić information content (AvgIpc) is 1.79. The molecule has 64 valence electrons. The molecule has 0 bridgehead atoms. The molecule has 0 unspecified atom stereocenters. The quantitative estimate of drug-likeness (QED) is 0.546. The lowest BCUT2D eigenvalue weighted by atomic mass is 9.86. The molecule has 1 amide bonds. The van der Waals surface area contributed by atoms with Crippen LogP contribution in [0.1, 0.15) is 12.8 Å². The Balaban J connectivity index is 2.21. The summed E-state index contributed by atoms with van der Waals surface area (Å²) in [6.45, 7) is 0.345. The summed E-state index contributed by atoms with van der Waals surface area (Å²) in [5.74, 6) is -0.270. The number of carbonyl (C=O) groups is 1. The van der Waals surface area contributed by atoms with E-state index in [0.29, 0.717) is 18.6 Å². The zero-order valence-electron chi connectivity index (χ0n) is 6.79. The van der Waals surface area contributed by atoms with Gasteiger partial charge in [0.2, 0.25) is 5.91 Å². The number of primary amides is 1. The third kappa shape index (κ3) is 2.17. The molecular formula is C7H15N3O. The number of nitrogens with two attached hydrogens (primary N) is 2. The average molecular weight is 157 g/mol. The van der Waals surface area contributed by atoms with E-state index in [1.165, 1.54) is 0 Å². The van der Waals surface area contributed by atoms with Crippen LogP contribution in [0, 0.1) is 0 Å². The standard InChI is InChI=1S/C7H15N3O/c1-10(4-7(9)11)6-2-5(8)3-6/h5-6H,2-4,8H2,1H3,(H2,9,11). The smallest absolute Gasteiger partial charge is 0.231 e. The van der Waals surface area contributed by atoms with Gasteiger partial charge in [0.25, 0.3) is 0 Å². The molecule has 4 N–H and O–H groups in total. The van der Waals surface area contributed by atoms with E-state index in [0.717, 1.165) is 12.8 Å². The largest absolute Gasteiger partial charge is 0.369 e. The molecule has 4 nitrogen and oxygen atoms in total. The van der Waals surface area contributed by atoms with Gasteiger partial charge in [0.15, 0.2) is 0 Å². The van der Waals surface area contributed by atoms with Crippen molar-refractivity contribution in [1.29, 1.82) is 0 Å². The Hall–Kier alpha value is -0.610. The second-order valence-corrected chi connectivity index (χ2v) is 3.27. The van der Waals surface area contributed by atoms with Crippen molar-refractivity contribution < 1.29 is 4.79 Å². The molecule has 0 atom stereocenters. The minimum absolute atomic E-state index is 0.270. The zero-order chi connectivity index (χ0) is 8.43. The topological polar surface area (TPSA) is 72.3 Å². The van der Waals surface area contributed by atoms with Gasteiger partial charge in [0, 0.05) is 12.1 Å². The highest BCUT2D eigenvalue weighted by atomic mass is 16.1. The summed E-state index contributed by atoms with van der Waals surface area (Å²) in [5.41, 5.74) is 10.6. The first-order valence-corrected chi connectivity index (χ1v) is 3.83. The van der Waals surface area contributed by atoms with Crippen LogP contribution in [0.25, 0.3) is 0 Å². The summed E-state index contributed by atoms with van der Waals surface area (Å²) in [4.78, 5) is 12.4. The Bertz CT molecular complexity index is 154. The van der Waals surface area contributed by atoms with Gasteiger partial charge in [0.1, 0.15) is 0 Å². The Kier molecular flexibility index (Phi) is 2.46. The van der Waals surface area contributed by atoms with E-state index in [1.54, 1.807) is 0 Å². The first-order chi connectivity index (χ1) is 5.09. The molecule has 1 aliphatic carbocycles. The van der Waals surface area contributed by atoms with E-state index in [4.69, 9.17) is 11.5 Å². The highest BCUT2D eigenvalue weighted by Crippen LogP contribution is 2.22. The van der Waals surface area contributed by atoms with Gasteiger partial charge in [-0.3, -0.25) is 9.69 Å². The minimum Gasteiger partial charge on any atom is -0.369 e. The van der Waals surface area contributed by atoms with Gasteiger partial charge in [0.05, 0.1) is 6.54 Å². The number of rotatable bonds is 3. The van der Waals surface area contributed by atoms with E-state index in [-0.39, 0.29) is 5.91 Å². The van der Waals surface area contributed by atoms with Gasteiger partial charge in [-0.15, -0.1) is 0 Å². The molecule has 0 aromatic rings. The van der Waals surface area contributed by atoms with Crippen molar-refractivity contribution in [3.8, 4) is 0 Å². The third-order valence-electron chi connectivity index (χ3n) is 2.18. The van der Waals surface area contributed by atoms with Crippen LogP contribution in [0.2, 0.25) is 0 Å². The molecule has 1 saturated carbocycles. The van der Waals surface area contributed by atoms with E-state index in [1.807, 2.05) is 11.9 Å². The summed E-state index contributed by atoms with van der Waals surface area (Å²) < 4.78 is 0. The monoisotopic (exact) mass is 157 g/mol. The van der Waals surface area contributed by atoms with Crippen molar-refractivity contribution in [2.45, 2.75) is 24.9 Å². The maximum absolute atomic E-state index is 10.5. The zero-order valence-corrected chi connectivity index (χ0v) is 6.79. The Morgan fingerprint density at radius 1 is 1.64 bits per heavy atom. The van der Waals surface area contributed by atoms with Crippen molar-refractivity contribution in [3.05, 3.63) is 0 Å². The Morgan fingerprint density at radius 3 is 2.55 bits per heavy atom. The van der Waals surface area contributed by atoms with Gasteiger partial charge in [-0.2, -0.15) is 0 Å². The summed E-state index contributed by atoms with van der Waals surface area (Å²) >= 11 is 0. The molecule has 0 heterocycles. The molecule has 0 aromatic carbocycles. The molecule has 0 aromatic heterocycles. The van der Waals surface area contributed by atoms with Gasteiger partial charge in [-0.05, 0) is 19.9 Å². The summed E-state index contributed by atoms with van der Waals surface area (Å²) in [6, 6.07) is 0.799. The molecule has 0 saturated heterocycles. The van der Waals surface area contributed by atoms with Crippen LogP contribution in [0.3, 0.4) is 0 Å². The molecule has 0 radical (unpaired) electrons. The normalized spacial score (nSPS) is 30.1. The van der Waals surface area contributed by atoms with E-state index >= 15 is 0 Å². The predicted octanol–water partition coefficient (Wildman–Crippen LogP) is -1.11. The predicted molar refractivity (Wildman–Crippen MR) is 42.8 cm³/mol. The van der Waals surface area contributed by atoms with Crippen molar-refractivity contribution in [3.63, 3.8) is 0 Å². The lowest BCUT2D eigenvalue weighted by Crippen LogP contribution is -2.51. The molecule has 1 fully saturated rings. The number of hydrogen-bond donors (Lipinski definition) is 2. The first kappa shape index (κ1) is 8.49. The van der Waals surface area contributed by atoms with Crippen LogP contribution in [0.15, 0.2) is 0 Å². The third-order valence-corrected chi connectivity index (χ3v) is 2.18. The summed E-state index contributed by atoms with van der Waals surface area (Å²) in [7, 11) is 1.90. The van der Waals surface area contributed by atoms with Gasteiger partial charge in [-0.25, -0.2) is 0 Å². The van der Waals surface area contributed by atoms with E-state index in [9.17, 15) is 4.79 Å². The lowest BCUT2D eigenvalue weighted by Gasteiger charge is -2.38. The molecule has 11 heavy (non-hydrogen) atoms. The van der Waals surface area contributed by atoms with Gasteiger partial charge >= 0.3 is 0 Å². The second kappa shape index (κ2) is 3.19. The highest BCUT2D eigenvalue weighted by Gasteiger charge is 2.29. The van der Waals surface area contributed by atoms with Crippen LogP contribution in [-0.2, 0) is 4.79 Å². The fourth-order valence-corrected chi connectivity index (χ4v) is 1.36. The number of carbonyl (C=O) groups excluding carboxylic acids is 1. The van der Waals surface area contributed by atoms with Crippen molar-refractivity contribution >= 4 is 5.91 Å². The minimum atomic E-state index is -0.270. The summed E-state index contributed by atoms with van der Waals surface area (Å²) in [5, 5.41) is 0. The fourth-order valence-electron chi connectivity index (χ4n) is 1.36. The van der Waals surface area contributed by atoms with Crippen LogP contribution < -0.4 is 11.5 Å². The van der Waals surface area contributed by atoms with Crippen LogP contribution in [-0.4, -0.2) is 36.5 Å². The van der Waals surface area contributed by atoms with E-state index in [2.05, 4.69) is 0 Å². The van der Waals surface area contributed by atoms with E-state index < -0.39 is 0 Å². The number of likely N-dealkylation sites (N-methyl/N-ethyl adjacent to an activating group) is 1. The van der Waals surface area contributed by atoms with Crippen molar-refractivity contribution in [2.24, 2.45) is 11.5 Å². The maximum Gasteiger partial charge on any atom is 0.231 e. The summed E-state index contributed by atoms with van der Waals surface area (Å²) in [6.07, 6.45) is 1.98. The molecule has 4 heteroatoms. The fraction of sp³-hybridized carbons (Fsp3) is 0.857. The number of nitrogens with zero attached hydrogens (tertiary/aromatic N) is 1. The molecule has 1 rings (SSSR count). The second-order valence-electron chi connectivity index (χ2n) is 3.27. The molecule has 0 spiro atoms. The first-order valence-electron chi connectivity index (χ1n) is 3.83. The van der Waals surface area contributed by atoms with Crippen LogP contribution >= 0.6 is 0 Å².